The van der Waals surface area contributed by atoms with Gasteiger partial charge >= 0.3 is 0 Å². The standard InChI is InChI=1S/C32H30N8O4/c1-6-40-25(20-10-12-21(13-11-20)27-18(2)44-39(5)32(27)43)15-24-29(40)28(35-19(3)34-24)31(42)36-23-9-7-8-22(14-23)30(41)37-26-16-38(4)17-33-26/h7-17H,6H2,1-5H3,(H,36,42)(H,37,41). The summed E-state index contributed by atoms with van der Waals surface area (Å²) in [5, 5.41) is 5.64. The minimum atomic E-state index is -0.427. The lowest BCUT2D eigenvalue weighted by Gasteiger charge is -2.12. The van der Waals surface area contributed by atoms with Crippen molar-refractivity contribution in [2.75, 3.05) is 10.6 Å². The van der Waals surface area contributed by atoms with Gasteiger partial charge in [0.1, 0.15) is 11.6 Å². The molecule has 12 heteroatoms. The Morgan fingerprint density at radius 2 is 1.68 bits per heavy atom. The fraction of sp³-hybridized carbons (Fsp3) is 0.188. The highest BCUT2D eigenvalue weighted by Gasteiger charge is 2.22. The van der Waals surface area contributed by atoms with Gasteiger partial charge in [0.25, 0.3) is 17.4 Å². The Hall–Kier alpha value is -5.78. The van der Waals surface area contributed by atoms with Gasteiger partial charge in [-0.05, 0) is 56.2 Å². The number of amides is 2. The lowest BCUT2D eigenvalue weighted by atomic mass is 10.0. The van der Waals surface area contributed by atoms with Crippen molar-refractivity contribution in [2.24, 2.45) is 14.1 Å². The molecule has 2 aromatic carbocycles. The van der Waals surface area contributed by atoms with E-state index in [1.165, 1.54) is 4.74 Å². The maximum absolute atomic E-state index is 13.7. The number of fused-ring (bicyclic) bond motifs is 1. The smallest absolute Gasteiger partial charge is 0.290 e. The molecule has 0 saturated heterocycles. The molecule has 0 aliphatic rings. The van der Waals surface area contributed by atoms with Gasteiger partial charge in [0, 0.05) is 38.1 Å². The van der Waals surface area contributed by atoms with Crippen molar-refractivity contribution in [1.29, 1.82) is 0 Å². The van der Waals surface area contributed by atoms with Gasteiger partial charge in [0.15, 0.2) is 11.5 Å². The second kappa shape index (κ2) is 11.1. The van der Waals surface area contributed by atoms with E-state index in [0.717, 1.165) is 16.8 Å². The van der Waals surface area contributed by atoms with E-state index < -0.39 is 5.91 Å². The Labute approximate surface area is 252 Å². The molecule has 0 bridgehead atoms. The van der Waals surface area contributed by atoms with Crippen LogP contribution in [0.15, 0.2) is 76.4 Å². The first kappa shape index (κ1) is 28.3. The molecule has 44 heavy (non-hydrogen) atoms. The predicted octanol–water partition coefficient (Wildman–Crippen LogP) is 4.93. The van der Waals surface area contributed by atoms with Gasteiger partial charge in [-0.3, -0.25) is 14.4 Å². The highest BCUT2D eigenvalue weighted by molar-refractivity contribution is 6.11. The van der Waals surface area contributed by atoms with Crippen molar-refractivity contribution in [3.05, 3.63) is 100 Å². The number of aromatic nitrogens is 6. The van der Waals surface area contributed by atoms with Crippen molar-refractivity contribution in [1.82, 2.24) is 28.8 Å². The summed E-state index contributed by atoms with van der Waals surface area (Å²) in [5.74, 6) is 0.654. The fourth-order valence-electron chi connectivity index (χ4n) is 5.34. The van der Waals surface area contributed by atoms with Crippen LogP contribution < -0.4 is 16.2 Å². The van der Waals surface area contributed by atoms with Crippen molar-refractivity contribution in [2.45, 2.75) is 27.3 Å². The summed E-state index contributed by atoms with van der Waals surface area (Å²) in [5.41, 5.74) is 5.08. The molecule has 0 atom stereocenters. The van der Waals surface area contributed by atoms with Crippen LogP contribution in [-0.2, 0) is 20.6 Å². The van der Waals surface area contributed by atoms with E-state index in [1.807, 2.05) is 48.9 Å². The molecule has 12 nitrogen and oxygen atoms in total. The van der Waals surface area contributed by atoms with E-state index in [4.69, 9.17) is 4.52 Å². The van der Waals surface area contributed by atoms with Gasteiger partial charge in [-0.15, -0.1) is 0 Å². The molecule has 4 aromatic heterocycles. The van der Waals surface area contributed by atoms with Crippen molar-refractivity contribution in [3.63, 3.8) is 0 Å². The average molecular weight is 591 g/mol. The van der Waals surface area contributed by atoms with E-state index >= 15 is 0 Å². The summed E-state index contributed by atoms with van der Waals surface area (Å²) in [4.78, 5) is 52.3. The third kappa shape index (κ3) is 5.17. The third-order valence-corrected chi connectivity index (χ3v) is 7.31. The maximum atomic E-state index is 13.7. The van der Waals surface area contributed by atoms with E-state index in [0.29, 0.717) is 51.8 Å². The van der Waals surface area contributed by atoms with Crippen LogP contribution in [0, 0.1) is 13.8 Å². The highest BCUT2D eigenvalue weighted by Crippen LogP contribution is 2.31. The molecule has 0 aliphatic heterocycles. The van der Waals surface area contributed by atoms with Crippen LogP contribution >= 0.6 is 0 Å². The number of carbonyl (C=O) groups excluding carboxylic acids is 2. The molecular weight excluding hydrogens is 560 g/mol. The Balaban J connectivity index is 1.32. The molecule has 2 amide bonds. The van der Waals surface area contributed by atoms with Crippen LogP contribution in [0.3, 0.4) is 0 Å². The quantitative estimate of drug-likeness (QED) is 0.268. The van der Waals surface area contributed by atoms with Crippen molar-refractivity contribution >= 4 is 34.4 Å². The lowest BCUT2D eigenvalue weighted by molar-refractivity contribution is 0.101. The average Bonchev–Trinajstić information content (AvgIpc) is 3.66. The Morgan fingerprint density at radius 3 is 2.34 bits per heavy atom. The van der Waals surface area contributed by atoms with Gasteiger partial charge in [0.05, 0.1) is 28.6 Å². The molecule has 6 aromatic rings. The number of nitrogens with one attached hydrogen (secondary N) is 2. The highest BCUT2D eigenvalue weighted by atomic mass is 16.5. The molecule has 0 saturated carbocycles. The van der Waals surface area contributed by atoms with E-state index in [-0.39, 0.29) is 17.2 Å². The molecule has 4 heterocycles. The minimum Gasteiger partial charge on any atom is -0.381 e. The van der Waals surface area contributed by atoms with Gasteiger partial charge < -0.3 is 24.3 Å². The summed E-state index contributed by atoms with van der Waals surface area (Å²) < 4.78 is 10.4. The zero-order chi connectivity index (χ0) is 31.1. The van der Waals surface area contributed by atoms with Crippen LogP contribution in [0.1, 0.15) is 39.4 Å². The molecule has 0 aliphatic carbocycles. The topological polar surface area (TPSA) is 142 Å². The molecule has 2 N–H and O–H groups in total. The number of hydrogen-bond donors (Lipinski definition) is 2. The van der Waals surface area contributed by atoms with Crippen molar-refractivity contribution < 1.29 is 14.1 Å². The number of anilines is 2. The summed E-state index contributed by atoms with van der Waals surface area (Å²) in [7, 11) is 3.40. The predicted molar refractivity (Wildman–Crippen MR) is 167 cm³/mol. The number of benzene rings is 2. The van der Waals surface area contributed by atoms with Crippen LogP contribution in [0.5, 0.6) is 0 Å². The zero-order valence-electron chi connectivity index (χ0n) is 24.9. The molecule has 222 valence electrons. The molecule has 0 fully saturated rings. The normalized spacial score (nSPS) is 11.2. The third-order valence-electron chi connectivity index (χ3n) is 7.31. The second-order valence-corrected chi connectivity index (χ2v) is 10.4. The summed E-state index contributed by atoms with van der Waals surface area (Å²) in [6, 6.07) is 16.2. The molecule has 0 spiro atoms. The largest absolute Gasteiger partial charge is 0.381 e. The number of aryl methyl sites for hydroxylation is 5. The molecule has 0 radical (unpaired) electrons. The van der Waals surface area contributed by atoms with Crippen LogP contribution in [0.4, 0.5) is 11.5 Å². The zero-order valence-corrected chi connectivity index (χ0v) is 24.9. The van der Waals surface area contributed by atoms with Gasteiger partial charge in [-0.25, -0.2) is 15.0 Å². The Kier molecular flexibility index (Phi) is 7.17. The Morgan fingerprint density at radius 1 is 0.932 bits per heavy atom. The van der Waals surface area contributed by atoms with Crippen molar-refractivity contribution in [3.8, 4) is 22.4 Å². The molecular formula is C32H30N8O4. The molecule has 6 rings (SSSR count). The van der Waals surface area contributed by atoms with Crippen LogP contribution in [-0.4, -0.2) is 40.6 Å². The summed E-state index contributed by atoms with van der Waals surface area (Å²) in [6.07, 6.45) is 3.29. The van der Waals surface area contributed by atoms with Gasteiger partial charge in [-0.1, -0.05) is 30.3 Å². The summed E-state index contributed by atoms with van der Waals surface area (Å²) in [6.45, 7) is 6.05. The first-order valence-electron chi connectivity index (χ1n) is 14.0. The number of carbonyl (C=O) groups is 2. The first-order chi connectivity index (χ1) is 21.1. The maximum Gasteiger partial charge on any atom is 0.290 e. The van der Waals surface area contributed by atoms with E-state index in [9.17, 15) is 14.4 Å². The number of nitrogens with zero attached hydrogens (tertiary/aromatic N) is 6. The monoisotopic (exact) mass is 590 g/mol. The molecule has 0 unspecified atom stereocenters. The number of hydrogen-bond acceptors (Lipinski definition) is 7. The van der Waals surface area contributed by atoms with E-state index in [2.05, 4.69) is 25.6 Å². The van der Waals surface area contributed by atoms with Gasteiger partial charge in [0.2, 0.25) is 0 Å². The fourth-order valence-corrected chi connectivity index (χ4v) is 5.34. The lowest BCUT2D eigenvalue weighted by Crippen LogP contribution is -2.18. The van der Waals surface area contributed by atoms with Gasteiger partial charge in [-0.2, -0.15) is 4.74 Å². The van der Waals surface area contributed by atoms with Crippen LogP contribution in [0.2, 0.25) is 0 Å². The minimum absolute atomic E-state index is 0.196. The second-order valence-electron chi connectivity index (χ2n) is 10.4. The van der Waals surface area contributed by atoms with Crippen LogP contribution in [0.25, 0.3) is 33.4 Å². The first-order valence-corrected chi connectivity index (χ1v) is 14.0. The van der Waals surface area contributed by atoms with E-state index in [1.54, 1.807) is 62.3 Å². The SMILES string of the molecule is CCn1c(-c2ccc(-c3c(C)on(C)c3=O)cc2)cc2nc(C)nc(C(=O)Nc3cccc(C(=O)Nc4cn(C)cn4)c3)c21. The number of imidazole rings is 1. The number of rotatable bonds is 7. The summed E-state index contributed by atoms with van der Waals surface area (Å²) >= 11 is 0. The Bertz CT molecular complexity index is 2110.